The zero-order chi connectivity index (χ0) is 21.7. The highest BCUT2D eigenvalue weighted by molar-refractivity contribution is 9.10. The number of ether oxygens (including phenoxy) is 1. The molecule has 0 aliphatic carbocycles. The van der Waals surface area contributed by atoms with Crippen molar-refractivity contribution in [3.63, 3.8) is 0 Å². The minimum absolute atomic E-state index is 0.0201. The maximum Gasteiger partial charge on any atom is 0.254 e. The summed E-state index contributed by atoms with van der Waals surface area (Å²) in [6.45, 7) is 9.21. The van der Waals surface area contributed by atoms with Gasteiger partial charge in [0.05, 0.1) is 12.2 Å². The number of aromatic nitrogens is 1. The molecule has 0 bridgehead atoms. The Morgan fingerprint density at radius 1 is 1.20 bits per heavy atom. The Morgan fingerprint density at radius 3 is 2.60 bits per heavy atom. The largest absolute Gasteiger partial charge is 0.486 e. The van der Waals surface area contributed by atoms with E-state index in [0.29, 0.717) is 18.7 Å². The van der Waals surface area contributed by atoms with Crippen LogP contribution in [0.4, 0.5) is 0 Å². The molecule has 0 aliphatic heterocycles. The van der Waals surface area contributed by atoms with Crippen LogP contribution in [0.2, 0.25) is 0 Å². The van der Waals surface area contributed by atoms with Gasteiger partial charge in [-0.3, -0.25) is 4.79 Å². The van der Waals surface area contributed by atoms with Gasteiger partial charge in [-0.15, -0.1) is 11.3 Å². The first-order valence-corrected chi connectivity index (χ1v) is 11.7. The fourth-order valence-corrected chi connectivity index (χ4v) is 4.35. The Balaban J connectivity index is 1.70. The first-order valence-electron chi connectivity index (χ1n) is 10.1. The first kappa shape index (κ1) is 22.5. The summed E-state index contributed by atoms with van der Waals surface area (Å²) in [4.78, 5) is 19.7. The fraction of sp³-hybridized carbons (Fsp3) is 0.333. The molecule has 30 heavy (non-hydrogen) atoms. The molecule has 1 aromatic heterocycles. The van der Waals surface area contributed by atoms with E-state index in [1.807, 2.05) is 46.7 Å². The van der Waals surface area contributed by atoms with Crippen molar-refractivity contribution in [1.29, 1.82) is 0 Å². The SMILES string of the molecule is CC[C@H](C)N(Cc1csc(COc2cc(C)cc(C)c2)n1)C(=O)c1cccc(Br)c1. The van der Waals surface area contributed by atoms with Gasteiger partial charge in [0.2, 0.25) is 0 Å². The van der Waals surface area contributed by atoms with E-state index < -0.39 is 0 Å². The number of nitrogens with zero attached hydrogens (tertiary/aromatic N) is 2. The van der Waals surface area contributed by atoms with Crippen LogP contribution in [0.3, 0.4) is 0 Å². The van der Waals surface area contributed by atoms with Gasteiger partial charge < -0.3 is 9.64 Å². The van der Waals surface area contributed by atoms with Gasteiger partial charge in [0.25, 0.3) is 5.91 Å². The highest BCUT2D eigenvalue weighted by Crippen LogP contribution is 2.21. The molecule has 0 unspecified atom stereocenters. The predicted octanol–water partition coefficient (Wildman–Crippen LogP) is 6.54. The molecule has 4 nitrogen and oxygen atoms in total. The van der Waals surface area contributed by atoms with Crippen LogP contribution in [0.15, 0.2) is 52.3 Å². The minimum atomic E-state index is 0.0201. The Kier molecular flexibility index (Phi) is 7.67. The molecule has 158 valence electrons. The highest BCUT2D eigenvalue weighted by atomic mass is 79.9. The summed E-state index contributed by atoms with van der Waals surface area (Å²) >= 11 is 5.02. The molecule has 0 saturated carbocycles. The second-order valence-corrected chi connectivity index (χ2v) is 9.40. The number of hydrogen-bond donors (Lipinski definition) is 0. The number of thiazole rings is 1. The summed E-state index contributed by atoms with van der Waals surface area (Å²) in [6, 6.07) is 13.8. The van der Waals surface area contributed by atoms with E-state index in [-0.39, 0.29) is 11.9 Å². The first-order chi connectivity index (χ1) is 14.4. The van der Waals surface area contributed by atoms with Crippen molar-refractivity contribution in [2.75, 3.05) is 0 Å². The number of rotatable bonds is 8. The number of amides is 1. The number of benzene rings is 2. The molecule has 0 saturated heterocycles. The summed E-state index contributed by atoms with van der Waals surface area (Å²) in [7, 11) is 0. The molecule has 0 fully saturated rings. The maximum atomic E-state index is 13.1. The predicted molar refractivity (Wildman–Crippen MR) is 126 cm³/mol. The molecule has 1 amide bonds. The van der Waals surface area contributed by atoms with Gasteiger partial charge in [-0.1, -0.05) is 35.0 Å². The quantitative estimate of drug-likeness (QED) is 0.362. The van der Waals surface area contributed by atoms with Crippen LogP contribution >= 0.6 is 27.3 Å². The zero-order valence-electron chi connectivity index (χ0n) is 17.8. The lowest BCUT2D eigenvalue weighted by molar-refractivity contribution is 0.0669. The molecule has 1 heterocycles. The Bertz CT molecular complexity index is 998. The lowest BCUT2D eigenvalue weighted by Crippen LogP contribution is -2.37. The number of carbonyl (C=O) groups is 1. The van der Waals surface area contributed by atoms with Crippen molar-refractivity contribution >= 4 is 33.2 Å². The fourth-order valence-electron chi connectivity index (χ4n) is 3.26. The zero-order valence-corrected chi connectivity index (χ0v) is 20.2. The summed E-state index contributed by atoms with van der Waals surface area (Å²) in [5, 5.41) is 2.92. The van der Waals surface area contributed by atoms with Crippen LogP contribution in [0, 0.1) is 13.8 Å². The van der Waals surface area contributed by atoms with E-state index >= 15 is 0 Å². The van der Waals surface area contributed by atoms with Gasteiger partial charge in [-0.2, -0.15) is 0 Å². The van der Waals surface area contributed by atoms with Crippen LogP contribution in [-0.2, 0) is 13.2 Å². The summed E-state index contributed by atoms with van der Waals surface area (Å²) in [6.07, 6.45) is 0.882. The highest BCUT2D eigenvalue weighted by Gasteiger charge is 2.22. The number of aryl methyl sites for hydroxylation is 2. The van der Waals surface area contributed by atoms with Crippen LogP contribution in [0.1, 0.15) is 52.5 Å². The molecule has 3 aromatic rings. The van der Waals surface area contributed by atoms with E-state index in [1.54, 1.807) is 11.3 Å². The standard InChI is InChI=1S/C24H27BrN2O2S/c1-5-18(4)27(24(28)19-7-6-8-20(25)12-19)13-21-15-30-23(26-21)14-29-22-10-16(2)9-17(3)11-22/h6-12,15,18H,5,13-14H2,1-4H3/t18-/m0/s1. The Hall–Kier alpha value is -2.18. The molecule has 0 N–H and O–H groups in total. The van der Waals surface area contributed by atoms with E-state index in [0.717, 1.165) is 27.3 Å². The number of hydrogen-bond acceptors (Lipinski definition) is 4. The average molecular weight is 487 g/mol. The molecular weight excluding hydrogens is 460 g/mol. The average Bonchev–Trinajstić information content (AvgIpc) is 3.16. The lowest BCUT2D eigenvalue weighted by Gasteiger charge is -2.28. The van der Waals surface area contributed by atoms with Crippen molar-refractivity contribution in [3.8, 4) is 5.75 Å². The van der Waals surface area contributed by atoms with Crippen molar-refractivity contribution in [2.24, 2.45) is 0 Å². The second-order valence-electron chi connectivity index (χ2n) is 7.55. The Labute approximate surface area is 191 Å². The molecule has 1 atom stereocenters. The van der Waals surface area contributed by atoms with Crippen LogP contribution in [0.5, 0.6) is 5.75 Å². The van der Waals surface area contributed by atoms with E-state index in [4.69, 9.17) is 9.72 Å². The molecule has 2 aromatic carbocycles. The second kappa shape index (κ2) is 10.2. The van der Waals surface area contributed by atoms with E-state index in [2.05, 4.69) is 49.7 Å². The lowest BCUT2D eigenvalue weighted by atomic mass is 10.1. The van der Waals surface area contributed by atoms with Crippen LogP contribution in [-0.4, -0.2) is 21.8 Å². The third kappa shape index (κ3) is 5.92. The van der Waals surface area contributed by atoms with E-state index in [1.165, 1.54) is 11.1 Å². The van der Waals surface area contributed by atoms with Crippen molar-refractivity contribution in [2.45, 2.75) is 53.3 Å². The third-order valence-corrected chi connectivity index (χ3v) is 6.31. The Morgan fingerprint density at radius 2 is 1.93 bits per heavy atom. The maximum absolute atomic E-state index is 13.1. The molecule has 0 aliphatic rings. The van der Waals surface area contributed by atoms with Crippen molar-refractivity contribution in [1.82, 2.24) is 9.88 Å². The van der Waals surface area contributed by atoms with Gasteiger partial charge in [-0.25, -0.2) is 4.98 Å². The number of halogens is 1. The monoisotopic (exact) mass is 486 g/mol. The van der Waals surface area contributed by atoms with Crippen molar-refractivity contribution in [3.05, 3.63) is 79.7 Å². The normalized spacial score (nSPS) is 11.9. The summed E-state index contributed by atoms with van der Waals surface area (Å²) in [5.41, 5.74) is 3.93. The summed E-state index contributed by atoms with van der Waals surface area (Å²) < 4.78 is 6.83. The van der Waals surface area contributed by atoms with Gasteiger partial charge in [0, 0.05) is 21.5 Å². The molecule has 6 heteroatoms. The van der Waals surface area contributed by atoms with Crippen LogP contribution in [0.25, 0.3) is 0 Å². The molecule has 0 radical (unpaired) electrons. The molecule has 0 spiro atoms. The van der Waals surface area contributed by atoms with Crippen LogP contribution < -0.4 is 4.74 Å². The topological polar surface area (TPSA) is 42.4 Å². The van der Waals surface area contributed by atoms with Crippen molar-refractivity contribution < 1.29 is 9.53 Å². The third-order valence-electron chi connectivity index (χ3n) is 4.94. The van der Waals surface area contributed by atoms with E-state index in [9.17, 15) is 4.79 Å². The van der Waals surface area contributed by atoms with Gasteiger partial charge in [0.1, 0.15) is 17.4 Å². The molecule has 3 rings (SSSR count). The molecular formula is C24H27BrN2O2S. The van der Waals surface area contributed by atoms with Gasteiger partial charge in [-0.05, 0) is 68.7 Å². The van der Waals surface area contributed by atoms with Gasteiger partial charge in [0.15, 0.2) is 0 Å². The smallest absolute Gasteiger partial charge is 0.254 e. The summed E-state index contributed by atoms with van der Waals surface area (Å²) in [5.74, 6) is 0.877. The minimum Gasteiger partial charge on any atom is -0.486 e. The number of carbonyl (C=O) groups excluding carboxylic acids is 1. The van der Waals surface area contributed by atoms with Gasteiger partial charge >= 0.3 is 0 Å².